The molecule has 1 fully saturated rings. The predicted octanol–water partition coefficient (Wildman–Crippen LogP) is 6.22. The van der Waals surface area contributed by atoms with Crippen LogP contribution in [0.15, 0.2) is 66.2 Å². The maximum atomic E-state index is 12.6. The number of hydrogen-bond donors (Lipinski definition) is 0. The summed E-state index contributed by atoms with van der Waals surface area (Å²) in [5.41, 5.74) is 2.82. The SMILES string of the molecule is C=CCN1C(=O)S/C(=C/c2cn(Cc3ccc(Cl)cc3Cl)c3ccccc23)C1=O. The number of carbonyl (C=O) groups is 2. The first-order valence-electron chi connectivity index (χ1n) is 8.86. The Hall–Kier alpha value is -2.47. The van der Waals surface area contributed by atoms with Gasteiger partial charge in [0.25, 0.3) is 11.1 Å². The summed E-state index contributed by atoms with van der Waals surface area (Å²) in [5, 5.41) is 1.90. The lowest BCUT2D eigenvalue weighted by Crippen LogP contribution is -2.27. The van der Waals surface area contributed by atoms with Gasteiger partial charge in [0.1, 0.15) is 0 Å². The number of amides is 2. The quantitative estimate of drug-likeness (QED) is 0.347. The van der Waals surface area contributed by atoms with Crippen molar-refractivity contribution in [1.82, 2.24) is 9.47 Å². The molecular formula is C22H16Cl2N2O2S. The van der Waals surface area contributed by atoms with Gasteiger partial charge in [-0.3, -0.25) is 14.5 Å². The number of para-hydroxylation sites is 1. The first-order chi connectivity index (χ1) is 14.0. The van der Waals surface area contributed by atoms with Gasteiger partial charge in [-0.15, -0.1) is 6.58 Å². The lowest BCUT2D eigenvalue weighted by atomic mass is 10.1. The number of rotatable bonds is 5. The molecule has 1 aliphatic rings. The second-order valence-electron chi connectivity index (χ2n) is 6.55. The van der Waals surface area contributed by atoms with Crippen molar-refractivity contribution >= 4 is 63.1 Å². The summed E-state index contributed by atoms with van der Waals surface area (Å²) in [7, 11) is 0. The molecule has 4 rings (SSSR count). The molecule has 7 heteroatoms. The minimum absolute atomic E-state index is 0.207. The van der Waals surface area contributed by atoms with Gasteiger partial charge in [0.15, 0.2) is 0 Å². The van der Waals surface area contributed by atoms with Gasteiger partial charge in [-0.2, -0.15) is 0 Å². The molecule has 146 valence electrons. The first kappa shape index (κ1) is 19.8. The summed E-state index contributed by atoms with van der Waals surface area (Å²) in [4.78, 5) is 26.2. The number of imide groups is 1. The Morgan fingerprint density at radius 3 is 2.66 bits per heavy atom. The van der Waals surface area contributed by atoms with Gasteiger partial charge < -0.3 is 4.57 Å². The number of halogens is 2. The molecule has 2 heterocycles. The summed E-state index contributed by atoms with van der Waals surface area (Å²) in [6.07, 6.45) is 5.29. The molecule has 2 amide bonds. The topological polar surface area (TPSA) is 42.3 Å². The summed E-state index contributed by atoms with van der Waals surface area (Å²) in [6.45, 7) is 4.37. The van der Waals surface area contributed by atoms with Gasteiger partial charge in [0.2, 0.25) is 0 Å². The molecule has 0 radical (unpaired) electrons. The highest BCUT2D eigenvalue weighted by atomic mass is 35.5. The van der Waals surface area contributed by atoms with Crippen LogP contribution in [0.2, 0.25) is 10.0 Å². The summed E-state index contributed by atoms with van der Waals surface area (Å²) in [6, 6.07) is 13.4. The number of hydrogen-bond acceptors (Lipinski definition) is 3. The maximum absolute atomic E-state index is 12.6. The van der Waals surface area contributed by atoms with Crippen molar-refractivity contribution in [2.75, 3.05) is 6.54 Å². The van der Waals surface area contributed by atoms with E-state index in [-0.39, 0.29) is 17.7 Å². The molecule has 3 aromatic rings. The Balaban J connectivity index is 1.74. The largest absolute Gasteiger partial charge is 0.342 e. The van der Waals surface area contributed by atoms with Crippen LogP contribution in [0.3, 0.4) is 0 Å². The van der Waals surface area contributed by atoms with Crippen molar-refractivity contribution in [1.29, 1.82) is 0 Å². The zero-order chi connectivity index (χ0) is 20.5. The van der Waals surface area contributed by atoms with Crippen LogP contribution < -0.4 is 0 Å². The highest BCUT2D eigenvalue weighted by Gasteiger charge is 2.34. The lowest BCUT2D eigenvalue weighted by Gasteiger charge is -2.08. The van der Waals surface area contributed by atoms with Crippen LogP contribution in [-0.4, -0.2) is 27.2 Å². The third kappa shape index (κ3) is 3.86. The monoisotopic (exact) mass is 442 g/mol. The van der Waals surface area contributed by atoms with Crippen LogP contribution in [0.1, 0.15) is 11.1 Å². The van der Waals surface area contributed by atoms with Gasteiger partial charge in [-0.1, -0.05) is 53.5 Å². The molecule has 0 unspecified atom stereocenters. The van der Waals surface area contributed by atoms with Crippen LogP contribution >= 0.6 is 35.0 Å². The zero-order valence-electron chi connectivity index (χ0n) is 15.3. The van der Waals surface area contributed by atoms with E-state index in [1.807, 2.05) is 42.6 Å². The molecular weight excluding hydrogens is 427 g/mol. The molecule has 0 aliphatic carbocycles. The Morgan fingerprint density at radius 2 is 1.90 bits per heavy atom. The molecule has 29 heavy (non-hydrogen) atoms. The van der Waals surface area contributed by atoms with Crippen LogP contribution in [0.25, 0.3) is 17.0 Å². The average Bonchev–Trinajstić information content (AvgIpc) is 3.17. The van der Waals surface area contributed by atoms with E-state index in [4.69, 9.17) is 23.2 Å². The Labute approximate surface area is 182 Å². The van der Waals surface area contributed by atoms with Crippen molar-refractivity contribution in [3.8, 4) is 0 Å². The second-order valence-corrected chi connectivity index (χ2v) is 8.38. The zero-order valence-corrected chi connectivity index (χ0v) is 17.6. The molecule has 1 aromatic heterocycles. The average molecular weight is 443 g/mol. The second kappa shape index (κ2) is 8.11. The molecule has 0 spiro atoms. The Bertz CT molecular complexity index is 1180. The van der Waals surface area contributed by atoms with E-state index in [0.29, 0.717) is 21.5 Å². The van der Waals surface area contributed by atoms with E-state index in [1.165, 1.54) is 4.90 Å². The van der Waals surface area contributed by atoms with E-state index in [9.17, 15) is 9.59 Å². The number of fused-ring (bicyclic) bond motifs is 1. The smallest absolute Gasteiger partial charge is 0.293 e. The number of benzene rings is 2. The van der Waals surface area contributed by atoms with E-state index >= 15 is 0 Å². The van der Waals surface area contributed by atoms with Crippen molar-refractivity contribution in [3.05, 3.63) is 87.4 Å². The molecule has 1 saturated heterocycles. The highest BCUT2D eigenvalue weighted by molar-refractivity contribution is 8.18. The minimum atomic E-state index is -0.294. The lowest BCUT2D eigenvalue weighted by molar-refractivity contribution is -0.122. The number of aromatic nitrogens is 1. The van der Waals surface area contributed by atoms with Crippen LogP contribution in [-0.2, 0) is 11.3 Å². The summed E-state index contributed by atoms with van der Waals surface area (Å²) in [5.74, 6) is -0.294. The fourth-order valence-electron chi connectivity index (χ4n) is 3.28. The van der Waals surface area contributed by atoms with E-state index < -0.39 is 0 Å². The van der Waals surface area contributed by atoms with Gasteiger partial charge in [0, 0.05) is 45.8 Å². The van der Waals surface area contributed by atoms with Gasteiger partial charge in [-0.05, 0) is 41.6 Å². The minimum Gasteiger partial charge on any atom is -0.342 e. The molecule has 0 saturated carbocycles. The fourth-order valence-corrected chi connectivity index (χ4v) is 4.59. The van der Waals surface area contributed by atoms with E-state index in [0.717, 1.165) is 33.8 Å². The normalized spacial score (nSPS) is 15.7. The van der Waals surface area contributed by atoms with Gasteiger partial charge in [-0.25, -0.2) is 0 Å². The number of nitrogens with zero attached hydrogens (tertiary/aromatic N) is 2. The van der Waals surface area contributed by atoms with E-state index in [1.54, 1.807) is 18.2 Å². The van der Waals surface area contributed by atoms with Crippen molar-refractivity contribution in [3.63, 3.8) is 0 Å². The van der Waals surface area contributed by atoms with Gasteiger partial charge >= 0.3 is 0 Å². The highest BCUT2D eigenvalue weighted by Crippen LogP contribution is 2.34. The number of thioether (sulfide) groups is 1. The molecule has 4 nitrogen and oxygen atoms in total. The van der Waals surface area contributed by atoms with Gasteiger partial charge in [0.05, 0.1) is 4.91 Å². The van der Waals surface area contributed by atoms with Crippen LogP contribution in [0, 0.1) is 0 Å². The van der Waals surface area contributed by atoms with Crippen molar-refractivity contribution in [2.24, 2.45) is 0 Å². The van der Waals surface area contributed by atoms with Crippen LogP contribution in [0.5, 0.6) is 0 Å². The molecule has 2 aromatic carbocycles. The molecule has 0 bridgehead atoms. The first-order valence-corrected chi connectivity index (χ1v) is 10.4. The molecule has 0 N–H and O–H groups in total. The maximum Gasteiger partial charge on any atom is 0.293 e. The van der Waals surface area contributed by atoms with Crippen LogP contribution in [0.4, 0.5) is 4.79 Å². The standard InChI is InChI=1S/C22H16Cl2N2O2S/c1-2-9-26-21(27)20(29-22(26)28)10-15-13-25(19-6-4-3-5-17(15)19)12-14-7-8-16(23)11-18(14)24/h2-8,10-11,13H,1,9,12H2/b20-10+. The predicted molar refractivity (Wildman–Crippen MR) is 120 cm³/mol. The molecule has 0 atom stereocenters. The van der Waals surface area contributed by atoms with Crippen molar-refractivity contribution < 1.29 is 9.59 Å². The third-order valence-electron chi connectivity index (χ3n) is 4.65. The fraction of sp³-hybridized carbons (Fsp3) is 0.0909. The van der Waals surface area contributed by atoms with Crippen molar-refractivity contribution in [2.45, 2.75) is 6.54 Å². The molecule has 1 aliphatic heterocycles. The summed E-state index contributed by atoms with van der Waals surface area (Å²) < 4.78 is 2.07. The Morgan fingerprint density at radius 1 is 1.10 bits per heavy atom. The number of carbonyl (C=O) groups excluding carboxylic acids is 2. The van der Waals surface area contributed by atoms with E-state index in [2.05, 4.69) is 11.1 Å². The summed E-state index contributed by atoms with van der Waals surface area (Å²) >= 11 is 13.3. The Kier molecular flexibility index (Phi) is 5.54. The third-order valence-corrected chi connectivity index (χ3v) is 6.14.